The van der Waals surface area contributed by atoms with E-state index in [0.29, 0.717) is 19.0 Å². The normalized spacial score (nSPS) is 10.4. The Balaban J connectivity index is 1.59. The Labute approximate surface area is 150 Å². The zero-order valence-electron chi connectivity index (χ0n) is 12.8. The molecule has 1 heterocycles. The maximum absolute atomic E-state index is 6.15. The first kappa shape index (κ1) is 16.6. The number of rotatable bonds is 6. The quantitative estimate of drug-likeness (QED) is 0.650. The average molecular weight is 359 g/mol. The lowest BCUT2D eigenvalue weighted by Gasteiger charge is -2.09. The van der Waals surface area contributed by atoms with Crippen LogP contribution in [0.2, 0.25) is 10.0 Å². The van der Waals surface area contributed by atoms with Crippen molar-refractivity contribution in [3.05, 3.63) is 82.0 Å². The highest BCUT2D eigenvalue weighted by molar-refractivity contribution is 6.31. The Morgan fingerprint density at radius 2 is 1.62 bits per heavy atom. The molecule has 1 aromatic heterocycles. The number of halogens is 2. The molecule has 0 bridgehead atoms. The maximum Gasteiger partial charge on any atom is 0.224 e. The molecule has 4 nitrogen and oxygen atoms in total. The predicted molar refractivity (Wildman–Crippen MR) is 99.6 cm³/mol. The molecule has 24 heavy (non-hydrogen) atoms. The van der Waals surface area contributed by atoms with Crippen molar-refractivity contribution in [1.82, 2.24) is 9.97 Å². The molecule has 0 saturated heterocycles. The van der Waals surface area contributed by atoms with Gasteiger partial charge in [0.05, 0.1) is 0 Å². The van der Waals surface area contributed by atoms with Crippen LogP contribution in [0.3, 0.4) is 0 Å². The van der Waals surface area contributed by atoms with Crippen LogP contribution in [0, 0.1) is 0 Å². The first-order valence-electron chi connectivity index (χ1n) is 7.49. The predicted octanol–water partition coefficient (Wildman–Crippen LogP) is 5.01. The van der Waals surface area contributed by atoms with Crippen molar-refractivity contribution >= 4 is 35.0 Å². The summed E-state index contributed by atoms with van der Waals surface area (Å²) in [6.45, 7) is 1.23. The smallest absolute Gasteiger partial charge is 0.224 e. The van der Waals surface area contributed by atoms with Crippen LogP contribution < -0.4 is 10.6 Å². The number of aromatic nitrogens is 2. The highest BCUT2D eigenvalue weighted by Crippen LogP contribution is 2.16. The van der Waals surface area contributed by atoms with Crippen molar-refractivity contribution in [3.8, 4) is 0 Å². The Hall–Kier alpha value is -2.30. The molecular weight excluding hydrogens is 343 g/mol. The highest BCUT2D eigenvalue weighted by atomic mass is 35.5. The second-order valence-corrected chi connectivity index (χ2v) is 6.03. The van der Waals surface area contributed by atoms with E-state index in [-0.39, 0.29) is 0 Å². The second-order valence-electron chi connectivity index (χ2n) is 5.19. The van der Waals surface area contributed by atoms with Gasteiger partial charge in [-0.15, -0.1) is 0 Å². The number of nitrogens with zero attached hydrogens (tertiary/aromatic N) is 2. The third-order valence-corrected chi connectivity index (χ3v) is 4.06. The number of hydrogen-bond donors (Lipinski definition) is 2. The van der Waals surface area contributed by atoms with Crippen LogP contribution >= 0.6 is 23.2 Å². The molecule has 6 heteroatoms. The van der Waals surface area contributed by atoms with E-state index in [1.54, 1.807) is 6.20 Å². The van der Waals surface area contributed by atoms with E-state index in [1.165, 1.54) is 0 Å². The Morgan fingerprint density at radius 1 is 0.833 bits per heavy atom. The fraction of sp³-hybridized carbons (Fsp3) is 0.111. The molecule has 3 aromatic rings. The van der Waals surface area contributed by atoms with Gasteiger partial charge < -0.3 is 10.6 Å². The average Bonchev–Trinajstić information content (AvgIpc) is 2.61. The maximum atomic E-state index is 6.15. The van der Waals surface area contributed by atoms with Gasteiger partial charge in [0.2, 0.25) is 5.95 Å². The molecule has 0 aliphatic rings. The van der Waals surface area contributed by atoms with Gasteiger partial charge in [-0.2, -0.15) is 4.98 Å². The van der Waals surface area contributed by atoms with Crippen molar-refractivity contribution in [3.63, 3.8) is 0 Å². The van der Waals surface area contributed by atoms with Crippen molar-refractivity contribution in [2.75, 3.05) is 10.6 Å². The third-order valence-electron chi connectivity index (χ3n) is 3.44. The zero-order chi connectivity index (χ0) is 16.8. The molecule has 0 unspecified atom stereocenters. The van der Waals surface area contributed by atoms with Gasteiger partial charge in [0, 0.05) is 29.3 Å². The number of benzene rings is 2. The Bertz CT molecular complexity index is 806. The summed E-state index contributed by atoms with van der Waals surface area (Å²) >= 11 is 12.0. The van der Waals surface area contributed by atoms with Crippen LogP contribution in [-0.2, 0) is 13.1 Å². The van der Waals surface area contributed by atoms with E-state index in [0.717, 1.165) is 27.0 Å². The summed E-state index contributed by atoms with van der Waals surface area (Å²) in [5, 5.41) is 7.91. The summed E-state index contributed by atoms with van der Waals surface area (Å²) in [4.78, 5) is 8.68. The summed E-state index contributed by atoms with van der Waals surface area (Å²) < 4.78 is 0. The fourth-order valence-corrected chi connectivity index (χ4v) is 2.48. The van der Waals surface area contributed by atoms with Gasteiger partial charge >= 0.3 is 0 Å². The molecule has 0 spiro atoms. The van der Waals surface area contributed by atoms with Gasteiger partial charge in [0.25, 0.3) is 0 Å². The number of anilines is 2. The van der Waals surface area contributed by atoms with Crippen LogP contribution in [0.1, 0.15) is 11.1 Å². The van der Waals surface area contributed by atoms with E-state index >= 15 is 0 Å². The Morgan fingerprint density at radius 3 is 2.42 bits per heavy atom. The zero-order valence-corrected chi connectivity index (χ0v) is 14.3. The second kappa shape index (κ2) is 7.99. The summed E-state index contributed by atoms with van der Waals surface area (Å²) in [5.41, 5.74) is 2.13. The van der Waals surface area contributed by atoms with E-state index in [2.05, 4.69) is 20.6 Å². The standard InChI is InChI=1S/C18H16Cl2N4/c19-15-7-5-13(6-8-15)11-22-17-9-10-21-18(24-17)23-12-14-3-1-2-4-16(14)20/h1-10H,11-12H2,(H2,21,22,23,24). The van der Waals surface area contributed by atoms with Crippen LogP contribution in [0.4, 0.5) is 11.8 Å². The molecule has 2 aromatic carbocycles. The highest BCUT2D eigenvalue weighted by Gasteiger charge is 2.02. The van der Waals surface area contributed by atoms with Gasteiger partial charge in [-0.25, -0.2) is 4.98 Å². The minimum atomic E-state index is 0.552. The SMILES string of the molecule is Clc1ccc(CNc2ccnc(NCc3ccccc3Cl)n2)cc1. The minimum absolute atomic E-state index is 0.552. The van der Waals surface area contributed by atoms with Crippen molar-refractivity contribution in [2.45, 2.75) is 13.1 Å². The topological polar surface area (TPSA) is 49.8 Å². The van der Waals surface area contributed by atoms with E-state index in [1.807, 2.05) is 54.6 Å². The fourth-order valence-electron chi connectivity index (χ4n) is 2.15. The van der Waals surface area contributed by atoms with Gasteiger partial charge in [-0.3, -0.25) is 0 Å². The summed E-state index contributed by atoms with van der Waals surface area (Å²) in [5.74, 6) is 1.30. The van der Waals surface area contributed by atoms with Gasteiger partial charge in [-0.1, -0.05) is 53.5 Å². The number of nitrogens with one attached hydrogen (secondary N) is 2. The lowest BCUT2D eigenvalue weighted by molar-refractivity contribution is 1.03. The van der Waals surface area contributed by atoms with E-state index in [4.69, 9.17) is 23.2 Å². The van der Waals surface area contributed by atoms with Gasteiger partial charge in [-0.05, 0) is 35.4 Å². The van der Waals surface area contributed by atoms with Crippen molar-refractivity contribution in [2.24, 2.45) is 0 Å². The minimum Gasteiger partial charge on any atom is -0.366 e. The van der Waals surface area contributed by atoms with Crippen LogP contribution in [0.25, 0.3) is 0 Å². The summed E-state index contributed by atoms with van der Waals surface area (Å²) in [6, 6.07) is 17.2. The molecule has 0 fully saturated rings. The largest absolute Gasteiger partial charge is 0.366 e. The molecular formula is C18H16Cl2N4. The number of hydrogen-bond acceptors (Lipinski definition) is 4. The first-order chi connectivity index (χ1) is 11.7. The van der Waals surface area contributed by atoms with Crippen molar-refractivity contribution < 1.29 is 0 Å². The van der Waals surface area contributed by atoms with Gasteiger partial charge in [0.15, 0.2) is 0 Å². The molecule has 0 atom stereocenters. The van der Waals surface area contributed by atoms with Crippen molar-refractivity contribution in [1.29, 1.82) is 0 Å². The van der Waals surface area contributed by atoms with E-state index in [9.17, 15) is 0 Å². The van der Waals surface area contributed by atoms with Crippen LogP contribution in [0.15, 0.2) is 60.8 Å². The molecule has 2 N–H and O–H groups in total. The van der Waals surface area contributed by atoms with E-state index < -0.39 is 0 Å². The molecule has 122 valence electrons. The third kappa shape index (κ3) is 4.60. The molecule has 0 saturated carbocycles. The van der Waals surface area contributed by atoms with Crippen LogP contribution in [0.5, 0.6) is 0 Å². The van der Waals surface area contributed by atoms with Gasteiger partial charge in [0.1, 0.15) is 5.82 Å². The molecule has 3 rings (SSSR count). The molecule has 0 aliphatic heterocycles. The van der Waals surface area contributed by atoms with Crippen LogP contribution in [-0.4, -0.2) is 9.97 Å². The monoisotopic (exact) mass is 358 g/mol. The molecule has 0 radical (unpaired) electrons. The first-order valence-corrected chi connectivity index (χ1v) is 8.25. The molecule has 0 amide bonds. The Kier molecular flexibility index (Phi) is 5.51. The summed E-state index contributed by atoms with van der Waals surface area (Å²) in [6.07, 6.45) is 1.71. The lowest BCUT2D eigenvalue weighted by Crippen LogP contribution is -2.07. The summed E-state index contributed by atoms with van der Waals surface area (Å²) in [7, 11) is 0. The molecule has 0 aliphatic carbocycles. The lowest BCUT2D eigenvalue weighted by atomic mass is 10.2.